The van der Waals surface area contributed by atoms with E-state index in [0.29, 0.717) is 10.6 Å². The molecule has 146 valence electrons. The number of benzene rings is 1. The Morgan fingerprint density at radius 2 is 1.81 bits per heavy atom. The van der Waals surface area contributed by atoms with Crippen LogP contribution in [0.15, 0.2) is 56.7 Å². The maximum absolute atomic E-state index is 12.7. The lowest BCUT2D eigenvalue weighted by atomic mass is 10.1. The molecule has 1 atom stereocenters. The van der Waals surface area contributed by atoms with Gasteiger partial charge in [-0.15, -0.1) is 0 Å². The van der Waals surface area contributed by atoms with Crippen LogP contribution in [0.4, 0.5) is 32.0 Å². The highest BCUT2D eigenvalue weighted by atomic mass is 79.9. The smallest absolute Gasteiger partial charge is 0.395 e. The summed E-state index contributed by atoms with van der Waals surface area (Å²) >= 11 is 3.17. The molecule has 1 aliphatic heterocycles. The molecule has 4 nitrogen and oxygen atoms in total. The second-order valence-electron chi connectivity index (χ2n) is 5.44. The van der Waals surface area contributed by atoms with Gasteiger partial charge in [0, 0.05) is 24.5 Å². The standard InChI is InChI=1S/C16H13BrF6N4/c17-10-7-25-14(26-8-10)6-12(5-13(24)16(21,22)23)27-11-3-1-9(2-4-11)15(18,19)20/h1-5,7-8,14,25H,6,24H2. The van der Waals surface area contributed by atoms with Crippen molar-refractivity contribution in [2.24, 2.45) is 15.7 Å². The van der Waals surface area contributed by atoms with Crippen LogP contribution in [0.1, 0.15) is 12.0 Å². The number of halogens is 7. The molecule has 0 bridgehead atoms. The SMILES string of the molecule is NC(=CC(CC1N=CC(Br)=CN1)=Nc1ccc(C(F)(F)F)cc1)C(F)(F)F. The Balaban J connectivity index is 2.31. The van der Waals surface area contributed by atoms with Gasteiger partial charge in [-0.2, -0.15) is 26.3 Å². The first-order valence-electron chi connectivity index (χ1n) is 7.39. The summed E-state index contributed by atoms with van der Waals surface area (Å²) in [5.74, 6) is 0. The van der Waals surface area contributed by atoms with Crippen molar-refractivity contribution in [1.29, 1.82) is 0 Å². The summed E-state index contributed by atoms with van der Waals surface area (Å²) in [6.07, 6.45) is -6.28. The first-order valence-corrected chi connectivity index (χ1v) is 8.18. The second kappa shape index (κ2) is 8.15. The molecule has 1 unspecified atom stereocenters. The molecule has 3 N–H and O–H groups in total. The minimum atomic E-state index is -4.76. The predicted octanol–water partition coefficient (Wildman–Crippen LogP) is 4.81. The van der Waals surface area contributed by atoms with Crippen LogP contribution in [-0.2, 0) is 6.18 Å². The van der Waals surface area contributed by atoms with Crippen LogP contribution in [0, 0.1) is 0 Å². The van der Waals surface area contributed by atoms with E-state index < -0.39 is 29.8 Å². The van der Waals surface area contributed by atoms with Crippen LogP contribution < -0.4 is 11.1 Å². The van der Waals surface area contributed by atoms with E-state index in [-0.39, 0.29) is 17.8 Å². The van der Waals surface area contributed by atoms with Gasteiger partial charge in [-0.25, -0.2) is 0 Å². The van der Waals surface area contributed by atoms with Crippen LogP contribution >= 0.6 is 15.9 Å². The van der Waals surface area contributed by atoms with E-state index in [0.717, 1.165) is 24.3 Å². The normalized spacial score (nSPS) is 18.9. The summed E-state index contributed by atoms with van der Waals surface area (Å²) < 4.78 is 76.6. The van der Waals surface area contributed by atoms with Crippen LogP contribution in [0.2, 0.25) is 0 Å². The number of nitrogens with one attached hydrogen (secondary N) is 1. The van der Waals surface area contributed by atoms with Gasteiger partial charge in [0.25, 0.3) is 0 Å². The molecule has 1 aromatic carbocycles. The third-order valence-corrected chi connectivity index (χ3v) is 3.74. The number of alkyl halides is 6. The number of nitrogens with two attached hydrogens (primary N) is 1. The minimum Gasteiger partial charge on any atom is -0.395 e. The molecule has 0 radical (unpaired) electrons. The van der Waals surface area contributed by atoms with Crippen LogP contribution in [0.3, 0.4) is 0 Å². The molecule has 1 aromatic rings. The third-order valence-electron chi connectivity index (χ3n) is 3.31. The van der Waals surface area contributed by atoms with E-state index in [4.69, 9.17) is 5.73 Å². The number of aliphatic imine (C=N–C) groups is 2. The fourth-order valence-corrected chi connectivity index (χ4v) is 2.27. The zero-order valence-corrected chi connectivity index (χ0v) is 15.0. The zero-order valence-electron chi connectivity index (χ0n) is 13.4. The predicted molar refractivity (Wildman–Crippen MR) is 93.9 cm³/mol. The molecule has 0 saturated carbocycles. The van der Waals surface area contributed by atoms with Gasteiger partial charge in [0.15, 0.2) is 0 Å². The second-order valence-corrected chi connectivity index (χ2v) is 6.35. The largest absolute Gasteiger partial charge is 0.430 e. The molecule has 27 heavy (non-hydrogen) atoms. The van der Waals surface area contributed by atoms with Gasteiger partial charge >= 0.3 is 12.4 Å². The highest BCUT2D eigenvalue weighted by Gasteiger charge is 2.32. The number of hydrogen-bond acceptors (Lipinski definition) is 4. The fourth-order valence-electron chi connectivity index (χ4n) is 2.02. The van der Waals surface area contributed by atoms with Crippen molar-refractivity contribution in [2.45, 2.75) is 24.9 Å². The Bertz CT molecular complexity index is 791. The maximum Gasteiger partial charge on any atom is 0.430 e. The van der Waals surface area contributed by atoms with E-state index in [1.165, 1.54) is 6.21 Å². The molecule has 1 heterocycles. The Kier molecular flexibility index (Phi) is 6.34. The molecule has 11 heteroatoms. The lowest BCUT2D eigenvalue weighted by molar-refractivity contribution is -0.137. The highest BCUT2D eigenvalue weighted by Crippen LogP contribution is 2.30. The van der Waals surface area contributed by atoms with Gasteiger partial charge < -0.3 is 11.1 Å². The number of rotatable bonds is 4. The Morgan fingerprint density at radius 3 is 2.30 bits per heavy atom. The number of nitrogens with zero attached hydrogens (tertiary/aromatic N) is 2. The molecule has 1 aliphatic rings. The molecular formula is C16H13BrF6N4. The lowest BCUT2D eigenvalue weighted by Gasteiger charge is -2.17. The zero-order chi connectivity index (χ0) is 20.2. The van der Waals surface area contributed by atoms with E-state index in [9.17, 15) is 26.3 Å². The fraction of sp³-hybridized carbons (Fsp3) is 0.250. The Morgan fingerprint density at radius 1 is 1.19 bits per heavy atom. The van der Waals surface area contributed by atoms with Crippen LogP contribution in [-0.4, -0.2) is 24.3 Å². The van der Waals surface area contributed by atoms with E-state index in [2.05, 4.69) is 31.2 Å². The summed E-state index contributed by atoms with van der Waals surface area (Å²) in [4.78, 5) is 8.07. The average Bonchev–Trinajstić information content (AvgIpc) is 2.55. The van der Waals surface area contributed by atoms with Crippen molar-refractivity contribution in [2.75, 3.05) is 0 Å². The first-order chi connectivity index (χ1) is 12.4. The van der Waals surface area contributed by atoms with E-state index in [1.807, 2.05) is 0 Å². The first kappa shape index (κ1) is 21.0. The van der Waals surface area contributed by atoms with Gasteiger partial charge in [0.1, 0.15) is 11.9 Å². The van der Waals surface area contributed by atoms with Crippen molar-refractivity contribution in [1.82, 2.24) is 5.32 Å². The minimum absolute atomic E-state index is 0.0562. The summed E-state index contributed by atoms with van der Waals surface area (Å²) in [6, 6.07) is 3.72. The summed E-state index contributed by atoms with van der Waals surface area (Å²) in [7, 11) is 0. The maximum atomic E-state index is 12.7. The Labute approximate surface area is 158 Å². The topological polar surface area (TPSA) is 62.8 Å². The molecule has 0 spiro atoms. The van der Waals surface area contributed by atoms with Gasteiger partial charge in [-0.1, -0.05) is 0 Å². The van der Waals surface area contributed by atoms with Gasteiger partial charge in [-0.3, -0.25) is 9.98 Å². The molecule has 0 amide bonds. The molecular weight excluding hydrogens is 442 g/mol. The van der Waals surface area contributed by atoms with Gasteiger partial charge in [-0.05, 0) is 46.3 Å². The van der Waals surface area contributed by atoms with Crippen molar-refractivity contribution in [3.8, 4) is 0 Å². The third kappa shape index (κ3) is 6.42. The van der Waals surface area contributed by atoms with Crippen molar-refractivity contribution < 1.29 is 26.3 Å². The van der Waals surface area contributed by atoms with Gasteiger partial charge in [0.2, 0.25) is 0 Å². The number of hydrogen-bond donors (Lipinski definition) is 2. The molecule has 0 fully saturated rings. The van der Waals surface area contributed by atoms with Crippen molar-refractivity contribution in [3.05, 3.63) is 52.3 Å². The summed E-state index contributed by atoms with van der Waals surface area (Å²) in [5.41, 5.74) is 2.75. The van der Waals surface area contributed by atoms with Crippen molar-refractivity contribution >= 4 is 33.5 Å². The average molecular weight is 455 g/mol. The van der Waals surface area contributed by atoms with Crippen LogP contribution in [0.5, 0.6) is 0 Å². The summed E-state index contributed by atoms with van der Waals surface area (Å²) in [5, 5.41) is 2.84. The van der Waals surface area contributed by atoms with Gasteiger partial charge in [0.05, 0.1) is 15.7 Å². The Hall–Kier alpha value is -2.30. The highest BCUT2D eigenvalue weighted by molar-refractivity contribution is 9.12. The summed E-state index contributed by atoms with van der Waals surface area (Å²) in [6.45, 7) is 0. The monoisotopic (exact) mass is 454 g/mol. The molecule has 0 saturated heterocycles. The lowest BCUT2D eigenvalue weighted by Crippen LogP contribution is -2.28. The molecule has 0 aliphatic carbocycles. The number of allylic oxidation sites excluding steroid dienone is 3. The molecule has 2 rings (SSSR count). The molecule has 0 aromatic heterocycles. The van der Waals surface area contributed by atoms with E-state index in [1.54, 1.807) is 6.20 Å². The van der Waals surface area contributed by atoms with Crippen molar-refractivity contribution in [3.63, 3.8) is 0 Å². The van der Waals surface area contributed by atoms with E-state index >= 15 is 0 Å². The quantitative estimate of drug-likeness (QED) is 0.506. The van der Waals surface area contributed by atoms with Crippen LogP contribution in [0.25, 0.3) is 0 Å².